The van der Waals surface area contributed by atoms with Crippen molar-refractivity contribution in [2.75, 3.05) is 32.2 Å². The van der Waals surface area contributed by atoms with Crippen LogP contribution in [0, 0.1) is 0 Å². The van der Waals surface area contributed by atoms with Crippen LogP contribution >= 0.6 is 11.8 Å². The molecule has 7 heteroatoms. The Balaban J connectivity index is 0.000000603. The second-order valence-corrected chi connectivity index (χ2v) is 10.0. The maximum Gasteiger partial charge on any atom is 0.292 e. The molecule has 0 aliphatic heterocycles. The Labute approximate surface area is 247 Å². The van der Waals surface area contributed by atoms with Gasteiger partial charge in [-0.1, -0.05) is 62.5 Å². The minimum atomic E-state index is 0.0782. The van der Waals surface area contributed by atoms with E-state index in [2.05, 4.69) is 123 Å². The van der Waals surface area contributed by atoms with E-state index in [0.717, 1.165) is 56.1 Å². The molecular weight excluding hydrogens is 516 g/mol. The summed E-state index contributed by atoms with van der Waals surface area (Å²) in [7, 11) is 2.01. The van der Waals surface area contributed by atoms with Gasteiger partial charge in [0.1, 0.15) is 5.76 Å². The van der Waals surface area contributed by atoms with Crippen LogP contribution in [0.3, 0.4) is 0 Å². The normalized spacial score (nSPS) is 15.1. The fourth-order valence-corrected chi connectivity index (χ4v) is 4.32. The van der Waals surface area contributed by atoms with Gasteiger partial charge in [0.25, 0.3) is 6.01 Å². The van der Waals surface area contributed by atoms with Crippen molar-refractivity contribution >= 4 is 17.8 Å². The number of thioether (sulfide) groups is 1. The lowest BCUT2D eigenvalue weighted by atomic mass is 10.1. The maximum atomic E-state index is 5.83. The highest BCUT2D eigenvalue weighted by atomic mass is 32.2. The molecule has 0 saturated heterocycles. The summed E-state index contributed by atoms with van der Waals surface area (Å²) in [6.07, 6.45) is 30.2. The molecule has 0 spiro atoms. The summed E-state index contributed by atoms with van der Waals surface area (Å²) in [4.78, 5) is 9.57. The van der Waals surface area contributed by atoms with Crippen molar-refractivity contribution in [3.63, 3.8) is 0 Å². The van der Waals surface area contributed by atoms with E-state index in [9.17, 15) is 0 Å². The fourth-order valence-electron chi connectivity index (χ4n) is 3.69. The average molecular weight is 567 g/mol. The predicted molar refractivity (Wildman–Crippen MR) is 175 cm³/mol. The van der Waals surface area contributed by atoms with Crippen LogP contribution in [0.25, 0.3) is 0 Å². The predicted octanol–water partition coefficient (Wildman–Crippen LogP) is 8.40. The van der Waals surface area contributed by atoms with Gasteiger partial charge in [-0.25, -0.2) is 4.98 Å². The molecule has 0 fully saturated rings. The Morgan fingerprint density at radius 2 is 2.02 bits per heavy atom. The SMILES string of the molecule is C=CC/C=C(\C=C/C)N(C1=C(SC)CC=CC=C1)C(/C=C\C(C)OCCC)=C/C.CCN(C)Cc1cnc(N)o1. The number of allylic oxidation sites excluding steroid dienone is 11. The molecule has 1 unspecified atom stereocenters. The Bertz CT molecular complexity index is 1090. The van der Waals surface area contributed by atoms with Crippen molar-refractivity contribution in [1.82, 2.24) is 14.8 Å². The van der Waals surface area contributed by atoms with Crippen LogP contribution in [0.2, 0.25) is 0 Å². The lowest BCUT2D eigenvalue weighted by Gasteiger charge is -2.30. The second kappa shape index (κ2) is 20.8. The molecule has 1 aromatic heterocycles. The van der Waals surface area contributed by atoms with Gasteiger partial charge in [-0.2, -0.15) is 0 Å². The monoisotopic (exact) mass is 566 g/mol. The molecule has 6 nitrogen and oxygen atoms in total. The van der Waals surface area contributed by atoms with Crippen molar-refractivity contribution in [1.29, 1.82) is 0 Å². The minimum absolute atomic E-state index is 0.0782. The molecule has 2 N–H and O–H groups in total. The summed E-state index contributed by atoms with van der Waals surface area (Å²) >= 11 is 1.81. The Kier molecular flexibility index (Phi) is 18.3. The van der Waals surface area contributed by atoms with Crippen molar-refractivity contribution in [3.8, 4) is 0 Å². The summed E-state index contributed by atoms with van der Waals surface area (Å²) in [6, 6.07) is 0.240. The number of nitrogens with zero attached hydrogens (tertiary/aromatic N) is 3. The molecule has 1 aromatic rings. The summed E-state index contributed by atoms with van der Waals surface area (Å²) in [5, 5.41) is 0. The Morgan fingerprint density at radius 1 is 1.25 bits per heavy atom. The zero-order chi connectivity index (χ0) is 29.8. The van der Waals surface area contributed by atoms with Crippen LogP contribution in [0.1, 0.15) is 59.6 Å². The van der Waals surface area contributed by atoms with Gasteiger partial charge < -0.3 is 19.8 Å². The molecule has 0 aromatic carbocycles. The van der Waals surface area contributed by atoms with Crippen LogP contribution in [0.4, 0.5) is 6.01 Å². The molecule has 0 radical (unpaired) electrons. The molecule has 40 heavy (non-hydrogen) atoms. The van der Waals surface area contributed by atoms with Gasteiger partial charge in [-0.05, 0) is 78.1 Å². The molecule has 1 aliphatic rings. The summed E-state index contributed by atoms with van der Waals surface area (Å²) in [6.45, 7) is 16.9. The highest BCUT2D eigenvalue weighted by Crippen LogP contribution is 2.33. The molecule has 1 aliphatic carbocycles. The van der Waals surface area contributed by atoms with Crippen molar-refractivity contribution < 1.29 is 9.15 Å². The van der Waals surface area contributed by atoms with Crippen molar-refractivity contribution in [3.05, 3.63) is 107 Å². The van der Waals surface area contributed by atoms with Crippen molar-refractivity contribution in [2.45, 2.75) is 66.5 Å². The van der Waals surface area contributed by atoms with Gasteiger partial charge in [-0.15, -0.1) is 18.3 Å². The van der Waals surface area contributed by atoms with Crippen LogP contribution in [-0.4, -0.2) is 47.3 Å². The first-order chi connectivity index (χ1) is 19.3. The summed E-state index contributed by atoms with van der Waals surface area (Å²) in [5.41, 5.74) is 8.77. The highest BCUT2D eigenvalue weighted by molar-refractivity contribution is 8.02. The van der Waals surface area contributed by atoms with E-state index >= 15 is 0 Å². The number of rotatable bonds is 15. The molecule has 220 valence electrons. The molecule has 2 rings (SSSR count). The number of nitrogens with two attached hydrogens (primary N) is 1. The molecule has 1 heterocycles. The van der Waals surface area contributed by atoms with E-state index in [-0.39, 0.29) is 12.1 Å². The van der Waals surface area contributed by atoms with E-state index < -0.39 is 0 Å². The maximum absolute atomic E-state index is 5.83. The topological polar surface area (TPSA) is 67.8 Å². The summed E-state index contributed by atoms with van der Waals surface area (Å²) in [5.74, 6) is 0.812. The van der Waals surface area contributed by atoms with Crippen LogP contribution in [0.15, 0.2) is 106 Å². The third-order valence-corrected chi connectivity index (χ3v) is 6.75. The standard InChI is InChI=1S/C26H37NOS.C7H13N3O/c1-7-11-16-24(15-8-2)27(25-17-13-12-14-18-26(25)29-6)23(10-4)20-19-22(5)28-21-9-3;1-3-10(2)5-6-4-9-7(8)11-6/h7-8,10,12-17,19-20,22H,1,9,11,18,21H2,2-6H3;4H,3,5H2,1-2H3,(H2,8,9)/b15-8-,20-19-,23-10+,24-16+;. The molecule has 0 amide bonds. The highest BCUT2D eigenvalue weighted by Gasteiger charge is 2.18. The van der Waals surface area contributed by atoms with Gasteiger partial charge >= 0.3 is 0 Å². The van der Waals surface area contributed by atoms with E-state index in [0.29, 0.717) is 0 Å². The van der Waals surface area contributed by atoms with Crippen LogP contribution in [0.5, 0.6) is 0 Å². The second-order valence-electron chi connectivity index (χ2n) is 9.14. The van der Waals surface area contributed by atoms with Gasteiger partial charge in [-0.3, -0.25) is 4.90 Å². The average Bonchev–Trinajstić information content (AvgIpc) is 3.22. The van der Waals surface area contributed by atoms with Gasteiger partial charge in [0.15, 0.2) is 0 Å². The first kappa shape index (κ1) is 35.0. The fraction of sp³-hybridized carbons (Fsp3) is 0.424. The first-order valence-corrected chi connectivity index (χ1v) is 15.3. The number of hydrogen-bond donors (Lipinski definition) is 1. The van der Waals surface area contributed by atoms with Crippen LogP contribution < -0.4 is 5.73 Å². The Hall–Kier alpha value is -3.00. The van der Waals surface area contributed by atoms with Crippen LogP contribution in [-0.2, 0) is 11.3 Å². The molecule has 0 saturated carbocycles. The number of hydrogen-bond acceptors (Lipinski definition) is 7. The molecule has 0 bridgehead atoms. The van der Waals surface area contributed by atoms with Gasteiger partial charge in [0.05, 0.1) is 24.5 Å². The number of aromatic nitrogens is 1. The first-order valence-electron chi connectivity index (χ1n) is 14.0. The number of ether oxygens (including phenoxy) is 1. The quantitative estimate of drug-likeness (QED) is 0.169. The van der Waals surface area contributed by atoms with Crippen molar-refractivity contribution in [2.24, 2.45) is 0 Å². The number of anilines is 1. The third-order valence-electron chi connectivity index (χ3n) is 5.88. The van der Waals surface area contributed by atoms with E-state index in [1.165, 1.54) is 10.6 Å². The van der Waals surface area contributed by atoms with E-state index in [4.69, 9.17) is 14.9 Å². The summed E-state index contributed by atoms with van der Waals surface area (Å²) < 4.78 is 10.9. The smallest absolute Gasteiger partial charge is 0.292 e. The lowest BCUT2D eigenvalue weighted by molar-refractivity contribution is 0.0979. The third kappa shape index (κ3) is 12.9. The Morgan fingerprint density at radius 3 is 2.60 bits per heavy atom. The molecular formula is C33H50N4O2S. The number of nitrogen functional groups attached to an aromatic ring is 1. The van der Waals surface area contributed by atoms with Gasteiger partial charge in [0.2, 0.25) is 0 Å². The zero-order valence-electron chi connectivity index (χ0n) is 25.6. The zero-order valence-corrected chi connectivity index (χ0v) is 26.4. The number of oxazole rings is 1. The molecule has 1 atom stereocenters. The lowest BCUT2D eigenvalue weighted by Crippen LogP contribution is -2.21. The van der Waals surface area contributed by atoms with E-state index in [1.807, 2.05) is 13.1 Å². The largest absolute Gasteiger partial charge is 0.428 e. The minimum Gasteiger partial charge on any atom is -0.428 e. The van der Waals surface area contributed by atoms with E-state index in [1.54, 1.807) is 18.0 Å². The van der Waals surface area contributed by atoms with Gasteiger partial charge in [0, 0.05) is 22.9 Å².